The Kier molecular flexibility index (Phi) is 5.74. The van der Waals surface area contributed by atoms with Crippen molar-refractivity contribution < 1.29 is 4.79 Å². The van der Waals surface area contributed by atoms with Gasteiger partial charge in [-0.2, -0.15) is 0 Å². The summed E-state index contributed by atoms with van der Waals surface area (Å²) in [7, 11) is 0. The lowest BCUT2D eigenvalue weighted by Gasteiger charge is -2.14. The Morgan fingerprint density at radius 3 is 2.58 bits per heavy atom. The maximum Gasteiger partial charge on any atom is 0.272 e. The van der Waals surface area contributed by atoms with Gasteiger partial charge in [-0.05, 0) is 79.0 Å². The maximum atomic E-state index is 12.4. The standard InChI is InChI=1S/C19H24BrN3O/c1-2-23-14-16(20)13-18(23)19(24)21-17-7-5-15(6-8-17)9-12-22-10-3-4-11-22/h5-8,13-14H,2-4,9-12H2,1H3,(H,21,24). The van der Waals surface area contributed by atoms with Crippen LogP contribution in [0.3, 0.4) is 0 Å². The van der Waals surface area contributed by atoms with Crippen molar-refractivity contribution in [3.8, 4) is 0 Å². The minimum atomic E-state index is -0.0765. The van der Waals surface area contributed by atoms with Gasteiger partial charge in [0.1, 0.15) is 5.69 Å². The lowest BCUT2D eigenvalue weighted by Crippen LogP contribution is -2.21. The van der Waals surface area contributed by atoms with Gasteiger partial charge in [-0.1, -0.05) is 12.1 Å². The van der Waals surface area contributed by atoms with Gasteiger partial charge < -0.3 is 14.8 Å². The molecule has 5 heteroatoms. The van der Waals surface area contributed by atoms with Crippen LogP contribution in [0.25, 0.3) is 0 Å². The molecule has 1 saturated heterocycles. The van der Waals surface area contributed by atoms with Gasteiger partial charge in [0.15, 0.2) is 0 Å². The summed E-state index contributed by atoms with van der Waals surface area (Å²) in [4.78, 5) is 15.0. The summed E-state index contributed by atoms with van der Waals surface area (Å²) in [5.41, 5.74) is 2.83. The zero-order valence-electron chi connectivity index (χ0n) is 14.1. The summed E-state index contributed by atoms with van der Waals surface area (Å²) in [5, 5.41) is 2.98. The van der Waals surface area contributed by atoms with Crippen molar-refractivity contribution in [2.45, 2.75) is 32.7 Å². The minimum Gasteiger partial charge on any atom is -0.343 e. The Balaban J connectivity index is 1.58. The van der Waals surface area contributed by atoms with Gasteiger partial charge in [0, 0.05) is 29.4 Å². The Morgan fingerprint density at radius 2 is 1.92 bits per heavy atom. The van der Waals surface area contributed by atoms with Crippen LogP contribution < -0.4 is 5.32 Å². The summed E-state index contributed by atoms with van der Waals surface area (Å²) in [6, 6.07) is 10.1. The predicted molar refractivity (Wildman–Crippen MR) is 102 cm³/mol. The van der Waals surface area contributed by atoms with Gasteiger partial charge >= 0.3 is 0 Å². The molecule has 0 radical (unpaired) electrons. The number of anilines is 1. The normalized spacial score (nSPS) is 14.9. The van der Waals surface area contributed by atoms with Crippen molar-refractivity contribution in [1.82, 2.24) is 9.47 Å². The number of nitrogens with one attached hydrogen (secondary N) is 1. The monoisotopic (exact) mass is 389 g/mol. The summed E-state index contributed by atoms with van der Waals surface area (Å²) in [6.07, 6.45) is 5.66. The first-order chi connectivity index (χ1) is 11.7. The van der Waals surface area contributed by atoms with Gasteiger partial charge in [0.05, 0.1) is 0 Å². The van der Waals surface area contributed by atoms with E-state index in [1.165, 1.54) is 31.5 Å². The third kappa shape index (κ3) is 4.28. The van der Waals surface area contributed by atoms with Crippen LogP contribution >= 0.6 is 15.9 Å². The molecule has 2 heterocycles. The fourth-order valence-electron chi connectivity index (χ4n) is 3.17. The van der Waals surface area contributed by atoms with Crippen LogP contribution in [0.5, 0.6) is 0 Å². The maximum absolute atomic E-state index is 12.4. The van der Waals surface area contributed by atoms with E-state index >= 15 is 0 Å². The Bertz CT molecular complexity index is 687. The largest absolute Gasteiger partial charge is 0.343 e. The number of carbonyl (C=O) groups excluding carboxylic acids is 1. The molecule has 0 aliphatic carbocycles. The summed E-state index contributed by atoms with van der Waals surface area (Å²) < 4.78 is 2.86. The average molecular weight is 390 g/mol. The van der Waals surface area contributed by atoms with Crippen LogP contribution in [0.4, 0.5) is 5.69 Å². The number of nitrogens with zero attached hydrogens (tertiary/aromatic N) is 2. The molecule has 3 rings (SSSR count). The topological polar surface area (TPSA) is 37.3 Å². The van der Waals surface area contributed by atoms with Crippen molar-refractivity contribution in [3.63, 3.8) is 0 Å². The molecule has 4 nitrogen and oxygen atoms in total. The predicted octanol–water partition coefficient (Wildman–Crippen LogP) is 4.16. The number of aryl methyl sites for hydroxylation is 1. The molecule has 0 spiro atoms. The number of halogens is 1. The first-order valence-electron chi connectivity index (χ1n) is 8.64. The van der Waals surface area contributed by atoms with Crippen molar-refractivity contribution >= 4 is 27.5 Å². The molecule has 0 bridgehead atoms. The van der Waals surface area contributed by atoms with Crippen LogP contribution in [0.15, 0.2) is 41.0 Å². The molecule has 0 atom stereocenters. The Hall–Kier alpha value is -1.59. The van der Waals surface area contributed by atoms with Gasteiger partial charge in [0.2, 0.25) is 0 Å². The highest BCUT2D eigenvalue weighted by atomic mass is 79.9. The lowest BCUT2D eigenvalue weighted by molar-refractivity contribution is 0.101. The number of amides is 1. The van der Waals surface area contributed by atoms with Gasteiger partial charge in [0.25, 0.3) is 5.91 Å². The van der Waals surface area contributed by atoms with Crippen LogP contribution in [-0.4, -0.2) is 35.0 Å². The van der Waals surface area contributed by atoms with Gasteiger partial charge in [-0.3, -0.25) is 4.79 Å². The number of benzene rings is 1. The second-order valence-corrected chi connectivity index (χ2v) is 7.20. The molecule has 1 aliphatic rings. The summed E-state index contributed by atoms with van der Waals surface area (Å²) in [5.74, 6) is -0.0765. The van der Waals surface area contributed by atoms with Crippen LogP contribution in [0.2, 0.25) is 0 Å². The fraction of sp³-hybridized carbons (Fsp3) is 0.421. The number of carbonyl (C=O) groups is 1. The number of rotatable bonds is 6. The van der Waals surface area contributed by atoms with E-state index in [0.29, 0.717) is 5.69 Å². The van der Waals surface area contributed by atoms with E-state index in [1.54, 1.807) is 0 Å². The van der Waals surface area contributed by atoms with Crippen molar-refractivity contribution in [1.29, 1.82) is 0 Å². The van der Waals surface area contributed by atoms with E-state index in [4.69, 9.17) is 0 Å². The molecule has 1 fully saturated rings. The summed E-state index contributed by atoms with van der Waals surface area (Å²) >= 11 is 3.43. The molecule has 1 N–H and O–H groups in total. The number of hydrogen-bond acceptors (Lipinski definition) is 2. The first kappa shape index (κ1) is 17.2. The van der Waals surface area contributed by atoms with E-state index < -0.39 is 0 Å². The Morgan fingerprint density at radius 1 is 1.21 bits per heavy atom. The molecule has 0 saturated carbocycles. The van der Waals surface area contributed by atoms with E-state index in [9.17, 15) is 4.79 Å². The van der Waals surface area contributed by atoms with E-state index in [2.05, 4.69) is 38.3 Å². The smallest absolute Gasteiger partial charge is 0.272 e. The zero-order chi connectivity index (χ0) is 16.9. The highest BCUT2D eigenvalue weighted by molar-refractivity contribution is 9.10. The molecule has 128 valence electrons. The van der Waals surface area contributed by atoms with Crippen LogP contribution in [0, 0.1) is 0 Å². The average Bonchev–Trinajstić information content (AvgIpc) is 3.23. The molecular formula is C19H24BrN3O. The molecule has 0 unspecified atom stereocenters. The Labute approximate surface area is 152 Å². The quantitative estimate of drug-likeness (QED) is 0.804. The SMILES string of the molecule is CCn1cc(Br)cc1C(=O)Nc1ccc(CCN2CCCC2)cc1. The number of aromatic nitrogens is 1. The fourth-order valence-corrected chi connectivity index (χ4v) is 3.63. The minimum absolute atomic E-state index is 0.0765. The van der Waals surface area contributed by atoms with E-state index in [1.807, 2.05) is 35.9 Å². The van der Waals surface area contributed by atoms with E-state index in [-0.39, 0.29) is 5.91 Å². The zero-order valence-corrected chi connectivity index (χ0v) is 15.7. The van der Waals surface area contributed by atoms with Crippen molar-refractivity contribution in [2.24, 2.45) is 0 Å². The third-order valence-electron chi connectivity index (χ3n) is 4.56. The van der Waals surface area contributed by atoms with Crippen LogP contribution in [0.1, 0.15) is 35.8 Å². The molecule has 2 aromatic rings. The molecule has 1 aromatic heterocycles. The van der Waals surface area contributed by atoms with E-state index in [0.717, 1.165) is 29.7 Å². The second kappa shape index (κ2) is 7.99. The lowest BCUT2D eigenvalue weighted by atomic mass is 10.1. The van der Waals surface area contributed by atoms with Gasteiger partial charge in [-0.15, -0.1) is 0 Å². The highest BCUT2D eigenvalue weighted by Crippen LogP contribution is 2.18. The number of hydrogen-bond donors (Lipinski definition) is 1. The van der Waals surface area contributed by atoms with Gasteiger partial charge in [-0.25, -0.2) is 0 Å². The highest BCUT2D eigenvalue weighted by Gasteiger charge is 2.13. The first-order valence-corrected chi connectivity index (χ1v) is 9.43. The second-order valence-electron chi connectivity index (χ2n) is 6.28. The molecule has 24 heavy (non-hydrogen) atoms. The number of likely N-dealkylation sites (tertiary alicyclic amines) is 1. The molecule has 1 aromatic carbocycles. The summed E-state index contributed by atoms with van der Waals surface area (Å²) in [6.45, 7) is 6.40. The third-order valence-corrected chi connectivity index (χ3v) is 5.00. The van der Waals surface area contributed by atoms with Crippen molar-refractivity contribution in [3.05, 3.63) is 52.3 Å². The van der Waals surface area contributed by atoms with Crippen molar-refractivity contribution in [2.75, 3.05) is 25.0 Å². The molecule has 1 amide bonds. The molecular weight excluding hydrogens is 366 g/mol. The van der Waals surface area contributed by atoms with Crippen LogP contribution in [-0.2, 0) is 13.0 Å². The molecule has 1 aliphatic heterocycles.